The summed E-state index contributed by atoms with van der Waals surface area (Å²) in [7, 11) is 1.62. The molecule has 1 heterocycles. The highest BCUT2D eigenvalue weighted by Crippen LogP contribution is 2.44. The largest absolute Gasteiger partial charge is 0.481 e. The first-order valence-electron chi connectivity index (χ1n) is 11.1. The van der Waals surface area contributed by atoms with Crippen molar-refractivity contribution < 1.29 is 29.3 Å². The topological polar surface area (TPSA) is 143 Å². The molecule has 0 saturated heterocycles. The van der Waals surface area contributed by atoms with Crippen molar-refractivity contribution in [3.63, 3.8) is 0 Å². The number of nitrogens with zero attached hydrogens (tertiary/aromatic N) is 2. The van der Waals surface area contributed by atoms with Gasteiger partial charge in [-0.25, -0.2) is 4.79 Å². The minimum Gasteiger partial charge on any atom is -0.481 e. The monoisotopic (exact) mass is 478 g/mol. The first-order chi connectivity index (χ1) is 16.8. The maximum Gasteiger partial charge on any atom is 0.408 e. The molecule has 10 nitrogen and oxygen atoms in total. The number of aliphatic carboxylic acids is 1. The molecule has 3 aromatic rings. The molecule has 2 aromatic carbocycles. The number of aromatic nitrogens is 2. The smallest absolute Gasteiger partial charge is 0.408 e. The number of fused-ring (bicyclic) bond motifs is 3. The van der Waals surface area contributed by atoms with Gasteiger partial charge in [0.2, 0.25) is 5.91 Å². The molecule has 182 valence electrons. The minimum atomic E-state index is -1.27. The number of carbonyl (C=O) groups is 3. The quantitative estimate of drug-likeness (QED) is 0.368. The number of amides is 2. The van der Waals surface area contributed by atoms with Crippen LogP contribution >= 0.6 is 0 Å². The molecule has 2 amide bonds. The van der Waals surface area contributed by atoms with E-state index in [4.69, 9.17) is 9.84 Å². The van der Waals surface area contributed by atoms with E-state index in [1.54, 1.807) is 13.1 Å². The Morgan fingerprint density at radius 3 is 2.26 bits per heavy atom. The van der Waals surface area contributed by atoms with Gasteiger partial charge in [0.05, 0.1) is 18.2 Å². The highest BCUT2D eigenvalue weighted by atomic mass is 16.5. The van der Waals surface area contributed by atoms with Crippen LogP contribution in [0.1, 0.15) is 35.2 Å². The number of alkyl carbamates (subject to hydrolysis) is 1. The van der Waals surface area contributed by atoms with Crippen LogP contribution in [-0.4, -0.2) is 57.2 Å². The van der Waals surface area contributed by atoms with Crippen molar-refractivity contribution in [2.24, 2.45) is 7.05 Å². The highest BCUT2D eigenvalue weighted by Gasteiger charge is 2.31. The third-order valence-corrected chi connectivity index (χ3v) is 5.94. The van der Waals surface area contributed by atoms with Gasteiger partial charge in [-0.15, -0.1) is 0 Å². The summed E-state index contributed by atoms with van der Waals surface area (Å²) in [5.74, 6) is -1.96. The van der Waals surface area contributed by atoms with Crippen molar-refractivity contribution in [1.82, 2.24) is 20.4 Å². The molecule has 1 aliphatic carbocycles. The van der Waals surface area contributed by atoms with E-state index in [9.17, 15) is 19.5 Å². The molecule has 0 radical (unpaired) electrons. The summed E-state index contributed by atoms with van der Waals surface area (Å²) in [6.45, 7) is -0.206. The first-order valence-corrected chi connectivity index (χ1v) is 11.1. The Morgan fingerprint density at radius 1 is 1.06 bits per heavy atom. The number of benzene rings is 2. The van der Waals surface area contributed by atoms with Gasteiger partial charge in [0.25, 0.3) is 0 Å². The molecule has 0 bridgehead atoms. The van der Waals surface area contributed by atoms with Crippen LogP contribution in [0.5, 0.6) is 0 Å². The van der Waals surface area contributed by atoms with Gasteiger partial charge in [-0.1, -0.05) is 48.5 Å². The summed E-state index contributed by atoms with van der Waals surface area (Å²) >= 11 is 0. The van der Waals surface area contributed by atoms with E-state index < -0.39 is 36.5 Å². The van der Waals surface area contributed by atoms with Gasteiger partial charge in [-0.2, -0.15) is 5.10 Å². The lowest BCUT2D eigenvalue weighted by Gasteiger charge is -2.20. The summed E-state index contributed by atoms with van der Waals surface area (Å²) < 4.78 is 6.98. The zero-order chi connectivity index (χ0) is 24.9. The Kier molecular flexibility index (Phi) is 7.11. The van der Waals surface area contributed by atoms with Crippen molar-refractivity contribution in [2.45, 2.75) is 24.5 Å². The van der Waals surface area contributed by atoms with Crippen LogP contribution in [0.25, 0.3) is 11.1 Å². The number of carboxylic acids is 1. The number of rotatable bonds is 9. The average Bonchev–Trinajstić information content (AvgIpc) is 3.40. The van der Waals surface area contributed by atoms with Crippen molar-refractivity contribution in [2.75, 3.05) is 13.2 Å². The van der Waals surface area contributed by atoms with Gasteiger partial charge < -0.3 is 25.6 Å². The molecule has 0 saturated carbocycles. The predicted octanol–water partition coefficient (Wildman–Crippen LogP) is 1.95. The average molecular weight is 479 g/mol. The molecule has 2 unspecified atom stereocenters. The fraction of sp³-hybridized carbons (Fsp3) is 0.280. The van der Waals surface area contributed by atoms with E-state index in [0.717, 1.165) is 22.3 Å². The van der Waals surface area contributed by atoms with Crippen LogP contribution in [0.2, 0.25) is 0 Å². The van der Waals surface area contributed by atoms with Crippen LogP contribution in [0, 0.1) is 0 Å². The van der Waals surface area contributed by atoms with Gasteiger partial charge in [-0.3, -0.25) is 14.3 Å². The number of aliphatic hydroxyl groups excluding tert-OH is 1. The summed E-state index contributed by atoms with van der Waals surface area (Å²) in [4.78, 5) is 36.3. The molecule has 2 atom stereocenters. The zero-order valence-electron chi connectivity index (χ0n) is 19.0. The van der Waals surface area contributed by atoms with Gasteiger partial charge in [0.15, 0.2) is 6.04 Å². The molecule has 4 N–H and O–H groups in total. The lowest BCUT2D eigenvalue weighted by molar-refractivity contribution is -0.139. The minimum absolute atomic E-state index is 0.0803. The van der Waals surface area contributed by atoms with Crippen molar-refractivity contribution in [3.05, 3.63) is 77.6 Å². The molecule has 0 aliphatic heterocycles. The summed E-state index contributed by atoms with van der Waals surface area (Å²) in [6, 6.07) is 16.3. The van der Waals surface area contributed by atoms with Crippen LogP contribution < -0.4 is 10.6 Å². The number of carboxylic acid groups (broad SMARTS) is 1. The highest BCUT2D eigenvalue weighted by molar-refractivity contribution is 5.86. The Morgan fingerprint density at radius 2 is 1.69 bits per heavy atom. The number of hydrogen-bond donors (Lipinski definition) is 4. The van der Waals surface area contributed by atoms with E-state index in [1.165, 1.54) is 10.9 Å². The number of ether oxygens (including phenoxy) is 1. The molecule has 0 fully saturated rings. The van der Waals surface area contributed by atoms with Crippen molar-refractivity contribution in [3.8, 4) is 11.1 Å². The Labute approximate surface area is 201 Å². The maximum atomic E-state index is 12.8. The maximum absolute atomic E-state index is 12.8. The second kappa shape index (κ2) is 10.4. The van der Waals surface area contributed by atoms with E-state index in [2.05, 4.69) is 15.7 Å². The number of aliphatic hydroxyl groups is 1. The molecule has 0 spiro atoms. The van der Waals surface area contributed by atoms with Crippen molar-refractivity contribution >= 4 is 18.0 Å². The van der Waals surface area contributed by atoms with E-state index in [0.29, 0.717) is 5.69 Å². The summed E-state index contributed by atoms with van der Waals surface area (Å²) in [6.07, 6.45) is -1.09. The zero-order valence-corrected chi connectivity index (χ0v) is 19.0. The van der Waals surface area contributed by atoms with Gasteiger partial charge in [-0.05, 0) is 28.3 Å². The SMILES string of the molecule is Cn1nccc1C(NC(=O)OCC1c2ccccc2-c2ccccc21)C(=O)NCC(O)CC(=O)O. The predicted molar refractivity (Wildman–Crippen MR) is 125 cm³/mol. The van der Waals surface area contributed by atoms with Gasteiger partial charge in [0.1, 0.15) is 6.61 Å². The standard InChI is InChI=1S/C25H26N4O6/c1-29-21(10-11-27-29)23(24(33)26-13-15(30)12-22(31)32)28-25(34)35-14-20-18-8-4-2-6-16(18)17-7-3-5-9-19(17)20/h2-11,15,20,23,30H,12-14H2,1H3,(H,26,33)(H,28,34)(H,31,32). The van der Waals surface area contributed by atoms with Gasteiger partial charge >= 0.3 is 12.1 Å². The fourth-order valence-corrected chi connectivity index (χ4v) is 4.29. The normalized spacial score (nSPS) is 13.9. The number of aryl methyl sites for hydroxylation is 1. The Balaban J connectivity index is 1.44. The second-order valence-electron chi connectivity index (χ2n) is 8.28. The molecule has 4 rings (SSSR count). The Bertz CT molecular complexity index is 1190. The Hall–Kier alpha value is -4.18. The van der Waals surface area contributed by atoms with Crippen LogP contribution in [0.15, 0.2) is 60.8 Å². The fourth-order valence-electron chi connectivity index (χ4n) is 4.29. The third-order valence-electron chi connectivity index (χ3n) is 5.94. The molecular formula is C25H26N4O6. The van der Waals surface area contributed by atoms with Crippen LogP contribution in [-0.2, 0) is 21.4 Å². The second-order valence-corrected chi connectivity index (χ2v) is 8.28. The lowest BCUT2D eigenvalue weighted by atomic mass is 9.98. The molecular weight excluding hydrogens is 452 g/mol. The van der Waals surface area contributed by atoms with E-state index >= 15 is 0 Å². The molecule has 35 heavy (non-hydrogen) atoms. The van der Waals surface area contributed by atoms with Crippen LogP contribution in [0.3, 0.4) is 0 Å². The van der Waals surface area contributed by atoms with E-state index in [-0.39, 0.29) is 19.1 Å². The van der Waals surface area contributed by atoms with Crippen molar-refractivity contribution in [1.29, 1.82) is 0 Å². The third kappa shape index (κ3) is 5.33. The van der Waals surface area contributed by atoms with Crippen LogP contribution in [0.4, 0.5) is 4.79 Å². The molecule has 1 aromatic heterocycles. The first kappa shape index (κ1) is 24.0. The lowest BCUT2D eigenvalue weighted by Crippen LogP contribution is -2.44. The molecule has 1 aliphatic rings. The number of nitrogens with one attached hydrogen (secondary N) is 2. The van der Waals surface area contributed by atoms with E-state index in [1.807, 2.05) is 48.5 Å². The summed E-state index contributed by atoms with van der Waals surface area (Å²) in [5, 5.41) is 27.6. The summed E-state index contributed by atoms with van der Waals surface area (Å²) in [5.41, 5.74) is 4.72. The molecule has 10 heteroatoms. The number of hydrogen-bond acceptors (Lipinski definition) is 6. The number of carbonyl (C=O) groups excluding carboxylic acids is 2. The van der Waals surface area contributed by atoms with Gasteiger partial charge in [0, 0.05) is 25.7 Å².